The van der Waals surface area contributed by atoms with Crippen molar-refractivity contribution in [1.82, 2.24) is 15.5 Å². The molecule has 0 aromatic rings. The summed E-state index contributed by atoms with van der Waals surface area (Å²) >= 11 is 0. The summed E-state index contributed by atoms with van der Waals surface area (Å²) < 4.78 is 10.8. The molecule has 0 saturated heterocycles. The Morgan fingerprint density at radius 1 is 0.724 bits per heavy atom. The first-order chi connectivity index (χ1) is 13.4. The molecule has 0 spiro atoms. The lowest BCUT2D eigenvalue weighted by Gasteiger charge is -2.27. The summed E-state index contributed by atoms with van der Waals surface area (Å²) in [5.41, 5.74) is -1.03. The van der Waals surface area contributed by atoms with E-state index in [4.69, 9.17) is 9.47 Å². The Morgan fingerprint density at radius 3 is 1.79 bits per heavy atom. The number of alkyl carbamates (subject to hydrolysis) is 1. The highest BCUT2D eigenvalue weighted by molar-refractivity contribution is 5.68. The van der Waals surface area contributed by atoms with E-state index in [0.717, 1.165) is 19.4 Å². The minimum atomic E-state index is -0.516. The van der Waals surface area contributed by atoms with Crippen LogP contribution in [0, 0.1) is 0 Å². The van der Waals surface area contributed by atoms with Crippen LogP contribution in [-0.4, -0.2) is 61.5 Å². The number of unbranched alkanes of at least 4 members (excludes halogenated alkanes) is 5. The van der Waals surface area contributed by atoms with Gasteiger partial charge in [-0.2, -0.15) is 0 Å². The highest BCUT2D eigenvalue weighted by Crippen LogP contribution is 2.12. The summed E-state index contributed by atoms with van der Waals surface area (Å²) in [6.45, 7) is 13.9. The van der Waals surface area contributed by atoms with E-state index in [1.807, 2.05) is 48.6 Å². The average Bonchev–Trinajstić information content (AvgIpc) is 2.55. The molecule has 172 valence electrons. The van der Waals surface area contributed by atoms with Crippen LogP contribution in [0.1, 0.15) is 86.5 Å². The molecule has 0 aliphatic heterocycles. The zero-order chi connectivity index (χ0) is 22.3. The lowest BCUT2D eigenvalue weighted by atomic mass is 10.1. The van der Waals surface area contributed by atoms with Crippen LogP contribution in [0.4, 0.5) is 9.59 Å². The number of ether oxygens (including phenoxy) is 2. The third kappa shape index (κ3) is 18.3. The van der Waals surface area contributed by atoms with Crippen molar-refractivity contribution >= 4 is 12.2 Å². The number of hydrogen-bond acceptors (Lipinski definition) is 5. The SMILES string of the molecule is CNCCCCCCCCN(CCCNC(=O)OC(C)(C)C)C(=O)OC(C)(C)C. The number of carbonyl (C=O) groups is 2. The number of hydrogen-bond donors (Lipinski definition) is 2. The Hall–Kier alpha value is -1.50. The lowest BCUT2D eigenvalue weighted by Crippen LogP contribution is -2.39. The maximum atomic E-state index is 12.5. The van der Waals surface area contributed by atoms with Crippen LogP contribution in [0.2, 0.25) is 0 Å². The van der Waals surface area contributed by atoms with E-state index in [1.54, 1.807) is 4.90 Å². The van der Waals surface area contributed by atoms with Crippen molar-refractivity contribution < 1.29 is 19.1 Å². The maximum Gasteiger partial charge on any atom is 0.410 e. The number of amides is 2. The van der Waals surface area contributed by atoms with E-state index in [1.165, 1.54) is 25.7 Å². The molecule has 0 unspecified atom stereocenters. The second kappa shape index (κ2) is 14.5. The molecular formula is C22H45N3O4. The minimum absolute atomic E-state index is 0.288. The van der Waals surface area contributed by atoms with Gasteiger partial charge in [-0.15, -0.1) is 0 Å². The molecule has 0 atom stereocenters. The minimum Gasteiger partial charge on any atom is -0.444 e. The Bertz CT molecular complexity index is 456. The molecule has 7 nitrogen and oxygen atoms in total. The van der Waals surface area contributed by atoms with Crippen LogP contribution in [-0.2, 0) is 9.47 Å². The predicted octanol–water partition coefficient (Wildman–Crippen LogP) is 4.70. The van der Waals surface area contributed by atoms with E-state index in [-0.39, 0.29) is 6.09 Å². The van der Waals surface area contributed by atoms with Crippen molar-refractivity contribution in [3.63, 3.8) is 0 Å². The van der Waals surface area contributed by atoms with E-state index < -0.39 is 17.3 Å². The fourth-order valence-corrected chi connectivity index (χ4v) is 2.71. The highest BCUT2D eigenvalue weighted by Gasteiger charge is 2.22. The van der Waals surface area contributed by atoms with Gasteiger partial charge in [0.2, 0.25) is 0 Å². The number of rotatable bonds is 13. The third-order valence-electron chi connectivity index (χ3n) is 4.03. The summed E-state index contributed by atoms with van der Waals surface area (Å²) in [6.07, 6.45) is 6.88. The second-order valence-electron chi connectivity index (χ2n) is 9.47. The summed E-state index contributed by atoms with van der Waals surface area (Å²) in [4.78, 5) is 26.0. The van der Waals surface area contributed by atoms with Crippen molar-refractivity contribution in [2.45, 2.75) is 97.7 Å². The summed E-state index contributed by atoms with van der Waals surface area (Å²) in [7, 11) is 1.98. The first-order valence-corrected chi connectivity index (χ1v) is 11.0. The van der Waals surface area contributed by atoms with E-state index in [2.05, 4.69) is 10.6 Å². The zero-order valence-electron chi connectivity index (χ0n) is 19.9. The van der Waals surface area contributed by atoms with Gasteiger partial charge < -0.3 is 25.0 Å². The largest absolute Gasteiger partial charge is 0.444 e. The molecule has 0 aliphatic rings. The quantitative estimate of drug-likeness (QED) is 0.426. The molecule has 0 fully saturated rings. The van der Waals surface area contributed by atoms with Gasteiger partial charge >= 0.3 is 12.2 Å². The number of carbonyl (C=O) groups excluding carboxylic acids is 2. The van der Waals surface area contributed by atoms with Gasteiger partial charge in [-0.25, -0.2) is 9.59 Å². The second-order valence-corrected chi connectivity index (χ2v) is 9.47. The monoisotopic (exact) mass is 415 g/mol. The smallest absolute Gasteiger partial charge is 0.410 e. The average molecular weight is 416 g/mol. The van der Waals surface area contributed by atoms with Crippen molar-refractivity contribution in [3.05, 3.63) is 0 Å². The Morgan fingerprint density at radius 2 is 1.24 bits per heavy atom. The Balaban J connectivity index is 4.27. The fourth-order valence-electron chi connectivity index (χ4n) is 2.71. The van der Waals surface area contributed by atoms with Crippen LogP contribution in [0.25, 0.3) is 0 Å². The molecule has 0 bridgehead atoms. The van der Waals surface area contributed by atoms with Crippen molar-refractivity contribution in [2.75, 3.05) is 33.2 Å². The zero-order valence-corrected chi connectivity index (χ0v) is 19.9. The predicted molar refractivity (Wildman–Crippen MR) is 118 cm³/mol. The van der Waals surface area contributed by atoms with Gasteiger partial charge in [0.25, 0.3) is 0 Å². The van der Waals surface area contributed by atoms with Crippen LogP contribution in [0.15, 0.2) is 0 Å². The molecule has 0 aromatic heterocycles. The van der Waals surface area contributed by atoms with E-state index in [9.17, 15) is 9.59 Å². The van der Waals surface area contributed by atoms with E-state index in [0.29, 0.717) is 26.1 Å². The van der Waals surface area contributed by atoms with Gasteiger partial charge in [0.05, 0.1) is 0 Å². The fraction of sp³-hybridized carbons (Fsp3) is 0.909. The summed E-state index contributed by atoms with van der Waals surface area (Å²) in [5.74, 6) is 0. The normalized spacial score (nSPS) is 11.8. The molecule has 2 amide bonds. The molecule has 0 radical (unpaired) electrons. The van der Waals surface area contributed by atoms with Crippen molar-refractivity contribution in [3.8, 4) is 0 Å². The highest BCUT2D eigenvalue weighted by atomic mass is 16.6. The van der Waals surface area contributed by atoms with Crippen molar-refractivity contribution in [1.29, 1.82) is 0 Å². The van der Waals surface area contributed by atoms with Crippen LogP contribution in [0.3, 0.4) is 0 Å². The van der Waals surface area contributed by atoms with Crippen LogP contribution < -0.4 is 10.6 Å². The maximum absolute atomic E-state index is 12.5. The lowest BCUT2D eigenvalue weighted by molar-refractivity contribution is 0.0244. The standard InChI is InChI=1S/C22H45N3O4/c1-21(2,3)28-19(26)24-16-14-18-25(20(27)29-22(4,5)6)17-13-11-9-8-10-12-15-23-7/h23H,8-18H2,1-7H3,(H,24,26). The number of nitrogens with one attached hydrogen (secondary N) is 2. The van der Waals surface area contributed by atoms with Gasteiger partial charge in [-0.05, 0) is 74.4 Å². The molecule has 0 heterocycles. The molecule has 7 heteroatoms. The first-order valence-electron chi connectivity index (χ1n) is 11.0. The summed E-state index contributed by atoms with van der Waals surface area (Å²) in [6, 6.07) is 0. The Kier molecular flexibility index (Phi) is 13.7. The number of nitrogens with zero attached hydrogens (tertiary/aromatic N) is 1. The first kappa shape index (κ1) is 27.5. The third-order valence-corrected chi connectivity index (χ3v) is 4.03. The van der Waals surface area contributed by atoms with E-state index >= 15 is 0 Å². The molecule has 0 rings (SSSR count). The molecule has 0 aliphatic carbocycles. The molecular weight excluding hydrogens is 370 g/mol. The Labute approximate surface area is 178 Å². The van der Waals surface area contributed by atoms with Crippen LogP contribution >= 0.6 is 0 Å². The van der Waals surface area contributed by atoms with Gasteiger partial charge in [0, 0.05) is 19.6 Å². The van der Waals surface area contributed by atoms with Crippen LogP contribution in [0.5, 0.6) is 0 Å². The molecule has 2 N–H and O–H groups in total. The van der Waals surface area contributed by atoms with Gasteiger partial charge in [0.15, 0.2) is 0 Å². The molecule has 0 saturated carbocycles. The summed E-state index contributed by atoms with van der Waals surface area (Å²) in [5, 5.41) is 5.90. The molecule has 29 heavy (non-hydrogen) atoms. The van der Waals surface area contributed by atoms with Gasteiger partial charge in [0.1, 0.15) is 11.2 Å². The van der Waals surface area contributed by atoms with Crippen molar-refractivity contribution in [2.24, 2.45) is 0 Å². The topological polar surface area (TPSA) is 79.9 Å². The molecule has 0 aromatic carbocycles. The van der Waals surface area contributed by atoms with Gasteiger partial charge in [-0.3, -0.25) is 0 Å². The van der Waals surface area contributed by atoms with Gasteiger partial charge in [-0.1, -0.05) is 25.7 Å².